The number of nitrogens with two attached hydrogens (primary N) is 2. The highest BCUT2D eigenvalue weighted by Crippen LogP contribution is 2.28. The zero-order valence-corrected chi connectivity index (χ0v) is 17.1. The summed E-state index contributed by atoms with van der Waals surface area (Å²) in [5, 5.41) is 19.8. The van der Waals surface area contributed by atoms with Crippen LogP contribution in [0.1, 0.15) is 30.8 Å². The maximum Gasteiger partial charge on any atom is 0.267 e. The molecule has 6 N–H and O–H groups in total. The van der Waals surface area contributed by atoms with Gasteiger partial charge in [0, 0.05) is 6.20 Å². The van der Waals surface area contributed by atoms with Gasteiger partial charge in [-0.25, -0.2) is 4.98 Å². The number of benzene rings is 1. The predicted octanol–water partition coefficient (Wildman–Crippen LogP) is 2.15. The average molecular weight is 437 g/mol. The van der Waals surface area contributed by atoms with Crippen molar-refractivity contribution < 1.29 is 0 Å². The molecule has 0 saturated carbocycles. The zero-order valence-electron chi connectivity index (χ0n) is 16.3. The first kappa shape index (κ1) is 20.1. The fourth-order valence-electron chi connectivity index (χ4n) is 3.28. The lowest BCUT2D eigenvalue weighted by atomic mass is 10.1. The van der Waals surface area contributed by atoms with E-state index in [2.05, 4.69) is 25.5 Å². The van der Waals surface area contributed by atoms with Crippen LogP contribution in [0.3, 0.4) is 0 Å². The number of rotatable bonds is 5. The van der Waals surface area contributed by atoms with Crippen LogP contribution >= 0.6 is 11.6 Å². The lowest BCUT2D eigenvalue weighted by Crippen LogP contribution is -2.28. The largest absolute Gasteiger partial charge is 0.382 e. The summed E-state index contributed by atoms with van der Waals surface area (Å²) >= 11 is 6.29. The number of nitrogen functional groups attached to an aromatic ring is 2. The number of nitriles is 1. The van der Waals surface area contributed by atoms with Crippen molar-refractivity contribution in [1.29, 1.82) is 5.26 Å². The second-order valence-corrected chi connectivity index (χ2v) is 7.02. The topological polar surface area (TPSA) is 177 Å². The molecule has 4 rings (SSSR count). The summed E-state index contributed by atoms with van der Waals surface area (Å²) in [5.41, 5.74) is 12.2. The van der Waals surface area contributed by atoms with Gasteiger partial charge in [-0.3, -0.25) is 14.5 Å². The van der Waals surface area contributed by atoms with E-state index in [1.165, 1.54) is 10.8 Å². The molecule has 0 radical (unpaired) electrons. The fourth-order valence-corrected chi connectivity index (χ4v) is 3.53. The van der Waals surface area contributed by atoms with Gasteiger partial charge in [0.1, 0.15) is 23.3 Å². The number of H-pyrrole nitrogens is 1. The van der Waals surface area contributed by atoms with Crippen molar-refractivity contribution in [1.82, 2.24) is 29.7 Å². The van der Waals surface area contributed by atoms with E-state index in [4.69, 9.17) is 28.1 Å². The van der Waals surface area contributed by atoms with Gasteiger partial charge in [0.2, 0.25) is 5.95 Å². The van der Waals surface area contributed by atoms with Gasteiger partial charge < -0.3 is 16.8 Å². The molecule has 31 heavy (non-hydrogen) atoms. The monoisotopic (exact) mass is 436 g/mol. The molecule has 11 nitrogen and oxygen atoms in total. The van der Waals surface area contributed by atoms with Crippen LogP contribution in [-0.4, -0.2) is 29.7 Å². The van der Waals surface area contributed by atoms with Crippen LogP contribution in [0.4, 0.5) is 17.6 Å². The highest BCUT2D eigenvalue weighted by molar-refractivity contribution is 6.35. The molecule has 1 atom stereocenters. The third-order valence-corrected chi connectivity index (χ3v) is 5.03. The molecular weight excluding hydrogens is 420 g/mol. The Bertz CT molecular complexity index is 1370. The second-order valence-electron chi connectivity index (χ2n) is 6.61. The van der Waals surface area contributed by atoms with Gasteiger partial charge >= 0.3 is 0 Å². The molecule has 0 bridgehead atoms. The van der Waals surface area contributed by atoms with Crippen LogP contribution in [0.25, 0.3) is 16.6 Å². The van der Waals surface area contributed by atoms with Crippen LogP contribution in [0.2, 0.25) is 5.02 Å². The molecule has 1 unspecified atom stereocenters. The Kier molecular flexibility index (Phi) is 5.14. The lowest BCUT2D eigenvalue weighted by molar-refractivity contribution is 0.658. The molecule has 0 aliphatic rings. The number of aromatic nitrogens is 6. The molecule has 0 spiro atoms. The van der Waals surface area contributed by atoms with Gasteiger partial charge in [0.15, 0.2) is 5.82 Å². The molecular formula is C19H17ClN10O. The minimum atomic E-state index is -0.535. The Morgan fingerprint density at radius 2 is 2.13 bits per heavy atom. The molecule has 3 heterocycles. The Morgan fingerprint density at radius 3 is 2.81 bits per heavy atom. The van der Waals surface area contributed by atoms with Crippen molar-refractivity contribution in [3.05, 3.63) is 57.4 Å². The van der Waals surface area contributed by atoms with Gasteiger partial charge in [0.25, 0.3) is 5.56 Å². The number of fused-ring (bicyclic) bond motifs is 1. The van der Waals surface area contributed by atoms with Crippen LogP contribution in [0.5, 0.6) is 0 Å². The van der Waals surface area contributed by atoms with E-state index >= 15 is 0 Å². The van der Waals surface area contributed by atoms with E-state index in [1.54, 1.807) is 24.4 Å². The van der Waals surface area contributed by atoms with Gasteiger partial charge in [0.05, 0.1) is 33.9 Å². The first-order valence-corrected chi connectivity index (χ1v) is 9.62. The smallest absolute Gasteiger partial charge is 0.267 e. The van der Waals surface area contributed by atoms with Crippen LogP contribution in [0, 0.1) is 11.3 Å². The molecule has 0 fully saturated rings. The number of halogens is 1. The first-order valence-electron chi connectivity index (χ1n) is 9.24. The molecule has 0 amide bonds. The number of hydrogen-bond acceptors (Lipinski definition) is 9. The van der Waals surface area contributed by atoms with Crippen LogP contribution < -0.4 is 22.3 Å². The highest BCUT2D eigenvalue weighted by Gasteiger charge is 2.23. The maximum atomic E-state index is 13.4. The van der Waals surface area contributed by atoms with Gasteiger partial charge in [-0.15, -0.1) is 0 Å². The minimum Gasteiger partial charge on any atom is -0.382 e. The van der Waals surface area contributed by atoms with E-state index < -0.39 is 6.04 Å². The molecule has 12 heteroatoms. The molecule has 3 aromatic heterocycles. The van der Waals surface area contributed by atoms with E-state index in [-0.39, 0.29) is 34.1 Å². The quantitative estimate of drug-likeness (QED) is 0.364. The first-order chi connectivity index (χ1) is 14.9. The summed E-state index contributed by atoms with van der Waals surface area (Å²) in [5.74, 6) is 0.402. The molecule has 0 aliphatic heterocycles. The average Bonchev–Trinajstić information content (AvgIpc) is 3.25. The Hall–Kier alpha value is -4.17. The van der Waals surface area contributed by atoms with Crippen molar-refractivity contribution in [3.63, 3.8) is 0 Å². The number of anilines is 3. The third-order valence-electron chi connectivity index (χ3n) is 4.71. The Labute approximate surface area is 180 Å². The van der Waals surface area contributed by atoms with E-state index in [9.17, 15) is 10.1 Å². The summed E-state index contributed by atoms with van der Waals surface area (Å²) in [6.45, 7) is 1.89. The minimum absolute atomic E-state index is 0.0437. The van der Waals surface area contributed by atoms with Crippen molar-refractivity contribution in [3.8, 4) is 11.8 Å². The summed E-state index contributed by atoms with van der Waals surface area (Å²) < 4.78 is 1.42. The Morgan fingerprint density at radius 1 is 1.32 bits per heavy atom. The summed E-state index contributed by atoms with van der Waals surface area (Å²) in [7, 11) is 0. The Balaban J connectivity index is 1.95. The number of nitrogens with one attached hydrogen (secondary N) is 2. The molecule has 4 aromatic rings. The third kappa shape index (κ3) is 3.49. The molecule has 0 aliphatic carbocycles. The van der Waals surface area contributed by atoms with Crippen LogP contribution in [-0.2, 0) is 0 Å². The maximum absolute atomic E-state index is 13.4. The number of nitrogens with zero attached hydrogens (tertiary/aromatic N) is 6. The van der Waals surface area contributed by atoms with Crippen molar-refractivity contribution in [2.75, 3.05) is 16.8 Å². The van der Waals surface area contributed by atoms with E-state index in [0.717, 1.165) is 0 Å². The van der Waals surface area contributed by atoms with Gasteiger partial charge in [-0.05, 0) is 18.6 Å². The summed E-state index contributed by atoms with van der Waals surface area (Å²) in [6, 6.07) is 6.50. The lowest BCUT2D eigenvalue weighted by Gasteiger charge is -2.22. The fraction of sp³-hybridized carbons (Fsp3) is 0.158. The molecule has 0 saturated heterocycles. The normalized spacial score (nSPS) is 11.9. The van der Waals surface area contributed by atoms with Gasteiger partial charge in [-0.2, -0.15) is 20.3 Å². The van der Waals surface area contributed by atoms with Gasteiger partial charge in [-0.1, -0.05) is 24.6 Å². The van der Waals surface area contributed by atoms with E-state index in [1.807, 2.05) is 13.0 Å². The SMILES string of the molecule is CCC(Nc1nc(N)nc(N)c1C#N)c1nc2cccc(Cl)c2c(=O)n1-c1cn[nH]c1. The molecule has 1 aromatic carbocycles. The van der Waals surface area contributed by atoms with E-state index in [0.29, 0.717) is 28.5 Å². The summed E-state index contributed by atoms with van der Waals surface area (Å²) in [6.07, 6.45) is 3.57. The van der Waals surface area contributed by atoms with Crippen molar-refractivity contribution in [2.24, 2.45) is 0 Å². The van der Waals surface area contributed by atoms with Crippen LogP contribution in [0.15, 0.2) is 35.4 Å². The standard InChI is InChI=1S/C19H17ClN10O/c1-2-12(26-16-10(6-21)15(22)28-19(23)29-16)17-27-13-5-3-4-11(20)14(13)18(31)30(17)9-7-24-25-8-9/h3-5,7-8,12H,2H2,1H3,(H,24,25)(H5,22,23,26,28,29). The summed E-state index contributed by atoms with van der Waals surface area (Å²) in [4.78, 5) is 26.1. The zero-order chi connectivity index (χ0) is 22.1. The second kappa shape index (κ2) is 7.92. The number of aromatic amines is 1. The predicted molar refractivity (Wildman–Crippen MR) is 117 cm³/mol. The van der Waals surface area contributed by atoms with Crippen molar-refractivity contribution >= 4 is 40.1 Å². The molecule has 156 valence electrons. The van der Waals surface area contributed by atoms with Crippen molar-refractivity contribution in [2.45, 2.75) is 19.4 Å². The number of hydrogen-bond donors (Lipinski definition) is 4. The highest BCUT2D eigenvalue weighted by atomic mass is 35.5.